The number of carbonyl (C=O) groups is 2. The molecule has 0 saturated carbocycles. The summed E-state index contributed by atoms with van der Waals surface area (Å²) in [5, 5.41) is 22.8. The SMILES string of the molecule is CCCC/C=C\CCCCCCCC(=O)OCCCCCCCCCCCCCC(=O)NC(CO)C(O)/C=C/CCCCCCCCCC. The van der Waals surface area contributed by atoms with E-state index in [0.717, 1.165) is 57.8 Å². The Bertz CT molecular complexity index is 767. The molecule has 0 rings (SSSR count). The number of nitrogens with one attached hydrogen (secondary N) is 1. The Kier molecular flexibility index (Phi) is 37.8. The van der Waals surface area contributed by atoms with E-state index in [1.807, 2.05) is 6.08 Å². The van der Waals surface area contributed by atoms with Crippen molar-refractivity contribution in [2.75, 3.05) is 13.2 Å². The van der Waals surface area contributed by atoms with Crippen molar-refractivity contribution in [2.24, 2.45) is 0 Å². The van der Waals surface area contributed by atoms with Gasteiger partial charge in [-0.25, -0.2) is 0 Å². The minimum atomic E-state index is -0.854. The summed E-state index contributed by atoms with van der Waals surface area (Å²) in [5.74, 6) is -0.119. The van der Waals surface area contributed by atoms with Gasteiger partial charge in [-0.2, -0.15) is 0 Å². The van der Waals surface area contributed by atoms with Crippen LogP contribution in [0.25, 0.3) is 0 Å². The minimum absolute atomic E-state index is 0.0279. The lowest BCUT2D eigenvalue weighted by Gasteiger charge is -2.20. The van der Waals surface area contributed by atoms with Crippen molar-refractivity contribution in [2.45, 2.75) is 225 Å². The number of allylic oxidation sites excluding steroid dienone is 3. The quantitative estimate of drug-likeness (QED) is 0.0340. The van der Waals surface area contributed by atoms with E-state index in [9.17, 15) is 19.8 Å². The van der Waals surface area contributed by atoms with E-state index in [-0.39, 0.29) is 18.5 Å². The zero-order chi connectivity index (χ0) is 35.9. The van der Waals surface area contributed by atoms with Gasteiger partial charge < -0.3 is 20.3 Å². The second kappa shape index (κ2) is 39.1. The van der Waals surface area contributed by atoms with Crippen LogP contribution in [-0.4, -0.2) is 47.4 Å². The fourth-order valence-electron chi connectivity index (χ4n) is 6.14. The second-order valence-corrected chi connectivity index (χ2v) is 14.3. The van der Waals surface area contributed by atoms with Crippen LogP contribution in [0.4, 0.5) is 0 Å². The molecule has 0 aliphatic heterocycles. The van der Waals surface area contributed by atoms with Crippen molar-refractivity contribution >= 4 is 11.9 Å². The van der Waals surface area contributed by atoms with Gasteiger partial charge in [0.1, 0.15) is 0 Å². The molecule has 6 heteroatoms. The third-order valence-corrected chi connectivity index (χ3v) is 9.47. The molecule has 0 fully saturated rings. The number of aliphatic hydroxyl groups is 2. The largest absolute Gasteiger partial charge is 0.466 e. The Morgan fingerprint density at radius 3 is 1.51 bits per heavy atom. The van der Waals surface area contributed by atoms with Gasteiger partial charge in [0, 0.05) is 12.8 Å². The Hall–Kier alpha value is -1.66. The average molecular weight is 692 g/mol. The molecule has 2 atom stereocenters. The molecular formula is C43H81NO5. The molecule has 0 aromatic heterocycles. The number of rotatable bonds is 38. The van der Waals surface area contributed by atoms with Gasteiger partial charge in [0.2, 0.25) is 5.91 Å². The molecule has 2 unspecified atom stereocenters. The molecule has 288 valence electrons. The summed E-state index contributed by atoms with van der Waals surface area (Å²) in [6, 6.07) is -0.639. The predicted molar refractivity (Wildman–Crippen MR) is 209 cm³/mol. The normalized spacial score (nSPS) is 13.0. The van der Waals surface area contributed by atoms with Crippen molar-refractivity contribution in [3.8, 4) is 0 Å². The standard InChI is InChI=1S/C43H81NO5/c1-3-5-7-9-11-13-16-21-25-29-33-37-43(48)49-38-34-30-26-22-18-15-17-20-24-28-32-36-42(47)44-40(39-45)41(46)35-31-27-23-19-14-12-10-8-6-4-2/h9,11,31,35,40-41,45-46H,3-8,10,12-30,32-34,36-39H2,1-2H3,(H,44,47)/b11-9-,35-31+. The zero-order valence-corrected chi connectivity index (χ0v) is 32.4. The van der Waals surface area contributed by atoms with Crippen LogP contribution in [-0.2, 0) is 14.3 Å². The highest BCUT2D eigenvalue weighted by atomic mass is 16.5. The molecule has 1 amide bonds. The summed E-state index contributed by atoms with van der Waals surface area (Å²) in [6.45, 7) is 4.78. The number of unbranched alkanes of at least 4 members (excludes halogenated alkanes) is 25. The molecule has 0 aliphatic rings. The van der Waals surface area contributed by atoms with Gasteiger partial charge in [-0.05, 0) is 51.4 Å². The van der Waals surface area contributed by atoms with Crippen LogP contribution in [0.1, 0.15) is 213 Å². The lowest BCUT2D eigenvalue weighted by atomic mass is 10.0. The van der Waals surface area contributed by atoms with E-state index in [4.69, 9.17) is 4.74 Å². The lowest BCUT2D eigenvalue weighted by molar-refractivity contribution is -0.143. The molecular weight excluding hydrogens is 610 g/mol. The van der Waals surface area contributed by atoms with Crippen molar-refractivity contribution < 1.29 is 24.5 Å². The molecule has 0 radical (unpaired) electrons. The van der Waals surface area contributed by atoms with Crippen LogP contribution in [0, 0.1) is 0 Å². The molecule has 6 nitrogen and oxygen atoms in total. The fraction of sp³-hybridized carbons (Fsp3) is 0.860. The van der Waals surface area contributed by atoms with E-state index in [1.165, 1.54) is 128 Å². The highest BCUT2D eigenvalue weighted by molar-refractivity contribution is 5.76. The molecule has 0 bridgehead atoms. The Morgan fingerprint density at radius 1 is 0.551 bits per heavy atom. The first-order valence-corrected chi connectivity index (χ1v) is 21.1. The van der Waals surface area contributed by atoms with Crippen LogP contribution >= 0.6 is 0 Å². The maximum atomic E-state index is 12.3. The smallest absolute Gasteiger partial charge is 0.305 e. The van der Waals surface area contributed by atoms with Crippen LogP contribution in [0.15, 0.2) is 24.3 Å². The van der Waals surface area contributed by atoms with Gasteiger partial charge in [0.15, 0.2) is 0 Å². The van der Waals surface area contributed by atoms with Crippen molar-refractivity contribution in [1.29, 1.82) is 0 Å². The molecule has 0 spiro atoms. The van der Waals surface area contributed by atoms with Gasteiger partial charge in [-0.3, -0.25) is 9.59 Å². The van der Waals surface area contributed by atoms with Crippen molar-refractivity contribution in [1.82, 2.24) is 5.32 Å². The molecule has 49 heavy (non-hydrogen) atoms. The molecule has 0 aliphatic carbocycles. The molecule has 0 aromatic rings. The van der Waals surface area contributed by atoms with E-state index < -0.39 is 12.1 Å². The van der Waals surface area contributed by atoms with E-state index >= 15 is 0 Å². The van der Waals surface area contributed by atoms with Crippen LogP contribution in [0.5, 0.6) is 0 Å². The minimum Gasteiger partial charge on any atom is -0.466 e. The molecule has 3 N–H and O–H groups in total. The summed E-state index contributed by atoms with van der Waals surface area (Å²) in [6.07, 6.45) is 43.0. The van der Waals surface area contributed by atoms with Gasteiger partial charge in [-0.15, -0.1) is 0 Å². The number of hydrogen-bond acceptors (Lipinski definition) is 5. The number of ether oxygens (including phenoxy) is 1. The molecule has 0 heterocycles. The fourth-order valence-corrected chi connectivity index (χ4v) is 6.14. The third kappa shape index (κ3) is 36.0. The summed E-state index contributed by atoms with van der Waals surface area (Å²) < 4.78 is 5.42. The van der Waals surface area contributed by atoms with Crippen molar-refractivity contribution in [3.63, 3.8) is 0 Å². The Morgan fingerprint density at radius 2 is 0.980 bits per heavy atom. The maximum absolute atomic E-state index is 12.3. The van der Waals surface area contributed by atoms with Gasteiger partial charge in [-0.1, -0.05) is 173 Å². The highest BCUT2D eigenvalue weighted by Gasteiger charge is 2.18. The predicted octanol–water partition coefficient (Wildman–Crippen LogP) is 11.6. The monoisotopic (exact) mass is 692 g/mol. The zero-order valence-electron chi connectivity index (χ0n) is 32.4. The summed E-state index contributed by atoms with van der Waals surface area (Å²) >= 11 is 0. The van der Waals surface area contributed by atoms with E-state index in [2.05, 4.69) is 31.3 Å². The first kappa shape index (κ1) is 47.3. The van der Waals surface area contributed by atoms with Gasteiger partial charge in [0.05, 0.1) is 25.4 Å². The molecule has 0 saturated heterocycles. The Balaban J connectivity index is 3.52. The lowest BCUT2D eigenvalue weighted by Crippen LogP contribution is -2.45. The number of aliphatic hydroxyl groups excluding tert-OH is 2. The van der Waals surface area contributed by atoms with Gasteiger partial charge >= 0.3 is 5.97 Å². The number of hydrogen-bond donors (Lipinski definition) is 3. The molecule has 0 aromatic carbocycles. The highest BCUT2D eigenvalue weighted by Crippen LogP contribution is 2.14. The van der Waals surface area contributed by atoms with E-state index in [1.54, 1.807) is 6.08 Å². The summed E-state index contributed by atoms with van der Waals surface area (Å²) in [7, 11) is 0. The van der Waals surface area contributed by atoms with Gasteiger partial charge in [0.25, 0.3) is 0 Å². The average Bonchev–Trinajstić information content (AvgIpc) is 3.10. The van der Waals surface area contributed by atoms with Crippen LogP contribution < -0.4 is 5.32 Å². The maximum Gasteiger partial charge on any atom is 0.305 e. The van der Waals surface area contributed by atoms with Crippen LogP contribution in [0.2, 0.25) is 0 Å². The number of amides is 1. The second-order valence-electron chi connectivity index (χ2n) is 14.3. The Labute approximate surface area is 303 Å². The number of esters is 1. The third-order valence-electron chi connectivity index (χ3n) is 9.47. The van der Waals surface area contributed by atoms with E-state index in [0.29, 0.717) is 19.4 Å². The first-order chi connectivity index (χ1) is 24.0. The summed E-state index contributed by atoms with van der Waals surface area (Å²) in [4.78, 5) is 24.3. The van der Waals surface area contributed by atoms with Crippen molar-refractivity contribution in [3.05, 3.63) is 24.3 Å². The number of carbonyl (C=O) groups excluding carboxylic acids is 2. The summed E-state index contributed by atoms with van der Waals surface area (Å²) in [5.41, 5.74) is 0. The van der Waals surface area contributed by atoms with Crippen LogP contribution in [0.3, 0.4) is 0 Å². The first-order valence-electron chi connectivity index (χ1n) is 21.1. The topological polar surface area (TPSA) is 95.9 Å².